The number of aromatic nitrogens is 2. The number of thioether (sulfide) groups is 1. The van der Waals surface area contributed by atoms with Gasteiger partial charge in [-0.3, -0.25) is 9.59 Å². The van der Waals surface area contributed by atoms with Crippen molar-refractivity contribution >= 4 is 17.7 Å². The van der Waals surface area contributed by atoms with Crippen molar-refractivity contribution in [2.24, 2.45) is 0 Å². The minimum atomic E-state index is -0.316. The van der Waals surface area contributed by atoms with Gasteiger partial charge < -0.3 is 5.32 Å². The molecule has 0 fully saturated rings. The molecule has 0 aliphatic carbocycles. The Balaban J connectivity index is 1.55. The highest BCUT2D eigenvalue weighted by molar-refractivity contribution is 7.99. The SMILES string of the molecule is O=C(NCCc1ccc2c(c1)CCCS2)c1ccc(=O)[nH]n1. The lowest BCUT2D eigenvalue weighted by Gasteiger charge is -2.16. The number of benzene rings is 1. The van der Waals surface area contributed by atoms with Crippen molar-refractivity contribution in [1.29, 1.82) is 0 Å². The summed E-state index contributed by atoms with van der Waals surface area (Å²) >= 11 is 1.92. The van der Waals surface area contributed by atoms with Crippen LogP contribution >= 0.6 is 11.8 Å². The van der Waals surface area contributed by atoms with E-state index >= 15 is 0 Å². The lowest BCUT2D eigenvalue weighted by molar-refractivity contribution is 0.0948. The van der Waals surface area contributed by atoms with E-state index in [0.29, 0.717) is 6.54 Å². The zero-order chi connectivity index (χ0) is 15.4. The molecule has 114 valence electrons. The molecule has 6 heteroatoms. The van der Waals surface area contributed by atoms with Crippen molar-refractivity contribution < 1.29 is 4.79 Å². The molecule has 1 aromatic heterocycles. The predicted octanol–water partition coefficient (Wildman–Crippen LogP) is 1.78. The molecule has 0 saturated heterocycles. The van der Waals surface area contributed by atoms with Gasteiger partial charge in [-0.05, 0) is 48.3 Å². The van der Waals surface area contributed by atoms with E-state index in [1.807, 2.05) is 11.8 Å². The summed E-state index contributed by atoms with van der Waals surface area (Å²) in [6.07, 6.45) is 3.16. The number of fused-ring (bicyclic) bond motifs is 1. The van der Waals surface area contributed by atoms with Crippen LogP contribution in [0.15, 0.2) is 40.0 Å². The van der Waals surface area contributed by atoms with Gasteiger partial charge in [0.1, 0.15) is 5.69 Å². The molecule has 2 aromatic rings. The molecule has 0 spiro atoms. The molecule has 2 N–H and O–H groups in total. The number of nitrogens with zero attached hydrogens (tertiary/aromatic N) is 1. The van der Waals surface area contributed by atoms with Crippen molar-refractivity contribution in [3.05, 3.63) is 57.5 Å². The number of hydrogen-bond donors (Lipinski definition) is 2. The van der Waals surface area contributed by atoms with Crippen LogP contribution in [0.2, 0.25) is 0 Å². The Bertz CT molecular complexity index is 722. The first-order chi connectivity index (χ1) is 10.7. The van der Waals surface area contributed by atoms with Crippen LogP contribution in [-0.2, 0) is 12.8 Å². The largest absolute Gasteiger partial charge is 0.350 e. The summed E-state index contributed by atoms with van der Waals surface area (Å²) in [5.74, 6) is 0.930. The van der Waals surface area contributed by atoms with E-state index in [1.165, 1.54) is 40.3 Å². The van der Waals surface area contributed by atoms with Crippen molar-refractivity contribution in [3.8, 4) is 0 Å². The third kappa shape index (κ3) is 3.57. The van der Waals surface area contributed by atoms with Crippen molar-refractivity contribution in [2.45, 2.75) is 24.2 Å². The molecular weight excluding hydrogens is 298 g/mol. The second-order valence-electron chi connectivity index (χ2n) is 5.21. The van der Waals surface area contributed by atoms with E-state index in [9.17, 15) is 9.59 Å². The van der Waals surface area contributed by atoms with E-state index in [4.69, 9.17) is 0 Å². The minimum Gasteiger partial charge on any atom is -0.350 e. The fourth-order valence-corrected chi connectivity index (χ4v) is 3.47. The van der Waals surface area contributed by atoms with Gasteiger partial charge in [0.15, 0.2) is 0 Å². The van der Waals surface area contributed by atoms with Crippen molar-refractivity contribution in [3.63, 3.8) is 0 Å². The Labute approximate surface area is 132 Å². The number of aryl methyl sites for hydroxylation is 1. The summed E-state index contributed by atoms with van der Waals surface area (Å²) in [6, 6.07) is 9.26. The van der Waals surface area contributed by atoms with Crippen LogP contribution in [0.1, 0.15) is 28.0 Å². The van der Waals surface area contributed by atoms with E-state index in [1.54, 1.807) is 0 Å². The maximum atomic E-state index is 11.9. The number of rotatable bonds is 4. The van der Waals surface area contributed by atoms with Gasteiger partial charge in [0.05, 0.1) is 0 Å². The number of amides is 1. The molecule has 2 heterocycles. The zero-order valence-electron chi connectivity index (χ0n) is 12.1. The lowest BCUT2D eigenvalue weighted by Crippen LogP contribution is -2.27. The fourth-order valence-electron chi connectivity index (χ4n) is 2.45. The molecule has 0 atom stereocenters. The molecule has 0 saturated carbocycles. The van der Waals surface area contributed by atoms with Gasteiger partial charge in [-0.15, -0.1) is 11.8 Å². The highest BCUT2D eigenvalue weighted by Crippen LogP contribution is 2.30. The van der Waals surface area contributed by atoms with E-state index in [2.05, 4.69) is 33.7 Å². The lowest BCUT2D eigenvalue weighted by atomic mass is 10.0. The Morgan fingerprint density at radius 2 is 2.23 bits per heavy atom. The van der Waals surface area contributed by atoms with Gasteiger partial charge >= 0.3 is 0 Å². The van der Waals surface area contributed by atoms with E-state index in [0.717, 1.165) is 12.8 Å². The summed E-state index contributed by atoms with van der Waals surface area (Å²) in [5.41, 5.74) is 2.56. The van der Waals surface area contributed by atoms with Crippen LogP contribution in [0.3, 0.4) is 0 Å². The summed E-state index contributed by atoms with van der Waals surface area (Å²) in [6.45, 7) is 0.547. The van der Waals surface area contributed by atoms with Gasteiger partial charge in [0.2, 0.25) is 0 Å². The number of hydrogen-bond acceptors (Lipinski definition) is 4. The first-order valence-corrected chi connectivity index (χ1v) is 8.29. The topological polar surface area (TPSA) is 74.8 Å². The zero-order valence-corrected chi connectivity index (χ0v) is 12.9. The Hall–Kier alpha value is -2.08. The van der Waals surface area contributed by atoms with Crippen LogP contribution in [0.5, 0.6) is 0 Å². The van der Waals surface area contributed by atoms with Gasteiger partial charge in [0, 0.05) is 17.5 Å². The number of aromatic amines is 1. The van der Waals surface area contributed by atoms with Gasteiger partial charge in [-0.25, -0.2) is 5.10 Å². The average molecular weight is 315 g/mol. The number of nitrogens with one attached hydrogen (secondary N) is 2. The Kier molecular flexibility index (Phi) is 4.58. The third-order valence-corrected chi connectivity index (χ3v) is 4.79. The summed E-state index contributed by atoms with van der Waals surface area (Å²) in [7, 11) is 0. The molecule has 1 amide bonds. The van der Waals surface area contributed by atoms with Crippen LogP contribution in [0, 0.1) is 0 Å². The molecule has 1 aliphatic rings. The molecule has 1 aliphatic heterocycles. The molecular formula is C16H17N3O2S. The normalized spacial score (nSPS) is 13.5. The summed E-state index contributed by atoms with van der Waals surface area (Å²) in [4.78, 5) is 24.2. The van der Waals surface area contributed by atoms with Gasteiger partial charge in [-0.1, -0.05) is 12.1 Å². The first kappa shape index (κ1) is 14.8. The summed E-state index contributed by atoms with van der Waals surface area (Å²) < 4.78 is 0. The van der Waals surface area contributed by atoms with Crippen LogP contribution in [-0.4, -0.2) is 28.4 Å². The van der Waals surface area contributed by atoms with E-state index < -0.39 is 0 Å². The quantitative estimate of drug-likeness (QED) is 0.902. The number of carbonyl (C=O) groups excluding carboxylic acids is 1. The monoisotopic (exact) mass is 315 g/mol. The Morgan fingerprint density at radius 1 is 1.32 bits per heavy atom. The molecule has 5 nitrogen and oxygen atoms in total. The van der Waals surface area contributed by atoms with Gasteiger partial charge in [0.25, 0.3) is 11.5 Å². The van der Waals surface area contributed by atoms with Gasteiger partial charge in [-0.2, -0.15) is 5.10 Å². The Morgan fingerprint density at radius 3 is 3.05 bits per heavy atom. The second-order valence-corrected chi connectivity index (χ2v) is 6.34. The fraction of sp³-hybridized carbons (Fsp3) is 0.312. The molecule has 22 heavy (non-hydrogen) atoms. The van der Waals surface area contributed by atoms with Crippen molar-refractivity contribution in [1.82, 2.24) is 15.5 Å². The number of H-pyrrole nitrogens is 1. The summed E-state index contributed by atoms with van der Waals surface area (Å²) in [5, 5.41) is 8.78. The third-order valence-electron chi connectivity index (χ3n) is 3.58. The van der Waals surface area contributed by atoms with Crippen LogP contribution in [0.4, 0.5) is 0 Å². The minimum absolute atomic E-state index is 0.224. The molecule has 0 bridgehead atoms. The highest BCUT2D eigenvalue weighted by Gasteiger charge is 2.10. The molecule has 1 aromatic carbocycles. The highest BCUT2D eigenvalue weighted by atomic mass is 32.2. The standard InChI is InChI=1S/C16H17N3O2S/c20-15-6-4-13(18-19-15)16(21)17-8-7-11-3-5-14-12(10-11)2-1-9-22-14/h3-6,10H,1-2,7-9H2,(H,17,21)(H,19,20). The number of carbonyl (C=O) groups is 1. The molecule has 3 rings (SSSR count). The van der Waals surface area contributed by atoms with E-state index in [-0.39, 0.29) is 17.2 Å². The smallest absolute Gasteiger partial charge is 0.271 e. The maximum Gasteiger partial charge on any atom is 0.271 e. The van der Waals surface area contributed by atoms with Crippen molar-refractivity contribution in [2.75, 3.05) is 12.3 Å². The first-order valence-electron chi connectivity index (χ1n) is 7.31. The van der Waals surface area contributed by atoms with Crippen LogP contribution in [0.25, 0.3) is 0 Å². The maximum absolute atomic E-state index is 11.9. The predicted molar refractivity (Wildman–Crippen MR) is 86.4 cm³/mol. The van der Waals surface area contributed by atoms with Crippen LogP contribution < -0.4 is 10.9 Å². The molecule has 0 unspecified atom stereocenters. The second kappa shape index (κ2) is 6.79. The molecule has 0 radical (unpaired) electrons. The average Bonchev–Trinajstić information content (AvgIpc) is 2.55.